The molecule has 0 bridgehead atoms. The molecule has 7 heavy (non-hydrogen) atoms. The molecule has 0 nitrogen and oxygen atoms in total. The summed E-state index contributed by atoms with van der Waals surface area (Å²) in [7, 11) is 0. The molecule has 44 valence electrons. The van der Waals surface area contributed by atoms with Crippen molar-refractivity contribution in [3.63, 3.8) is 0 Å². The minimum absolute atomic E-state index is 0. The van der Waals surface area contributed by atoms with Gasteiger partial charge in [-0.1, -0.05) is 26.2 Å². The van der Waals surface area contributed by atoms with Gasteiger partial charge in [-0.2, -0.15) is 6.42 Å². The number of hydrogen-bond acceptors (Lipinski definition) is 0. The quantitative estimate of drug-likeness (QED) is 0.592. The van der Waals surface area contributed by atoms with Crippen molar-refractivity contribution < 1.29 is 21.1 Å². The first-order valence-electron chi connectivity index (χ1n) is 2.35. The van der Waals surface area contributed by atoms with Crippen LogP contribution in [0.5, 0.6) is 0 Å². The zero-order chi connectivity index (χ0) is 5.21. The van der Waals surface area contributed by atoms with Crippen LogP contribution in [0.1, 0.15) is 27.2 Å². The number of hydrogen-bond donors (Lipinski definition) is 0. The van der Waals surface area contributed by atoms with Crippen molar-refractivity contribution in [3.8, 4) is 0 Å². The normalized spacial score (nSPS) is 10.3. The second-order valence-electron chi connectivity index (χ2n) is 2.81. The third kappa shape index (κ3) is 10.8. The minimum Gasteiger partial charge on any atom is -0.343 e. The van der Waals surface area contributed by atoms with Crippen LogP contribution in [0, 0.1) is 12.3 Å². The van der Waals surface area contributed by atoms with Crippen LogP contribution in [0.25, 0.3) is 0 Å². The van der Waals surface area contributed by atoms with Crippen molar-refractivity contribution in [1.82, 2.24) is 0 Å². The summed E-state index contributed by atoms with van der Waals surface area (Å²) in [5, 5.41) is 0. The second-order valence-corrected chi connectivity index (χ2v) is 2.81. The van der Waals surface area contributed by atoms with Crippen molar-refractivity contribution in [1.29, 1.82) is 0 Å². The summed E-state index contributed by atoms with van der Waals surface area (Å²) in [6.07, 6.45) is 1.02. The molecule has 0 amide bonds. The molecular formula is C6H13W-. The van der Waals surface area contributed by atoms with Crippen molar-refractivity contribution >= 4 is 0 Å². The molecule has 0 aromatic carbocycles. The molecule has 0 saturated heterocycles. The summed E-state index contributed by atoms with van der Waals surface area (Å²) in [6, 6.07) is 0. The average molecular weight is 269 g/mol. The Hall–Kier alpha value is 0.688. The number of rotatable bonds is 0. The summed E-state index contributed by atoms with van der Waals surface area (Å²) in [5.41, 5.74) is 0.431. The first-order valence-corrected chi connectivity index (χ1v) is 2.35. The Labute approximate surface area is 61.0 Å². The molecule has 0 heterocycles. The van der Waals surface area contributed by atoms with E-state index in [9.17, 15) is 0 Å². The Bertz CT molecular complexity index is 33.9. The molecular weight excluding hydrogens is 256 g/mol. The molecule has 0 aliphatic carbocycles. The molecule has 0 aliphatic heterocycles. The summed E-state index contributed by atoms with van der Waals surface area (Å²) in [6.45, 7) is 10.3. The van der Waals surface area contributed by atoms with E-state index in [1.165, 1.54) is 0 Å². The van der Waals surface area contributed by atoms with E-state index < -0.39 is 0 Å². The monoisotopic (exact) mass is 269 g/mol. The molecule has 0 fully saturated rings. The van der Waals surface area contributed by atoms with Gasteiger partial charge in [0, 0.05) is 21.1 Å². The fourth-order valence-electron chi connectivity index (χ4n) is 0. The van der Waals surface area contributed by atoms with E-state index in [0.29, 0.717) is 5.41 Å². The Morgan fingerprint density at radius 1 is 1.29 bits per heavy atom. The van der Waals surface area contributed by atoms with Gasteiger partial charge in [-0.3, -0.25) is 0 Å². The van der Waals surface area contributed by atoms with E-state index in [2.05, 4.69) is 27.7 Å². The topological polar surface area (TPSA) is 0 Å². The smallest absolute Gasteiger partial charge is 0 e. The zero-order valence-corrected chi connectivity index (χ0v) is 8.26. The summed E-state index contributed by atoms with van der Waals surface area (Å²) in [4.78, 5) is 0. The van der Waals surface area contributed by atoms with Crippen molar-refractivity contribution in [2.75, 3.05) is 0 Å². The van der Waals surface area contributed by atoms with Crippen molar-refractivity contribution in [2.45, 2.75) is 27.2 Å². The van der Waals surface area contributed by atoms with E-state index in [-0.39, 0.29) is 21.1 Å². The van der Waals surface area contributed by atoms with Gasteiger partial charge in [0.2, 0.25) is 0 Å². The zero-order valence-electron chi connectivity index (χ0n) is 5.32. The maximum Gasteiger partial charge on any atom is 0 e. The summed E-state index contributed by atoms with van der Waals surface area (Å²) in [5.74, 6) is 0. The van der Waals surface area contributed by atoms with Crippen LogP contribution in [-0.2, 0) is 21.1 Å². The molecule has 0 atom stereocenters. The van der Waals surface area contributed by atoms with Gasteiger partial charge < -0.3 is 6.92 Å². The van der Waals surface area contributed by atoms with Crippen LogP contribution in [0.15, 0.2) is 0 Å². The van der Waals surface area contributed by atoms with E-state index >= 15 is 0 Å². The molecule has 0 unspecified atom stereocenters. The van der Waals surface area contributed by atoms with Gasteiger partial charge >= 0.3 is 0 Å². The predicted octanol–water partition coefficient (Wildman–Crippen LogP) is 2.25. The van der Waals surface area contributed by atoms with Crippen LogP contribution in [0.2, 0.25) is 0 Å². The fraction of sp³-hybridized carbons (Fsp3) is 0.833. The Morgan fingerprint density at radius 3 is 1.43 bits per heavy atom. The first kappa shape index (κ1) is 10.6. The third-order valence-corrected chi connectivity index (χ3v) is 0.750. The van der Waals surface area contributed by atoms with Crippen molar-refractivity contribution in [2.24, 2.45) is 5.41 Å². The molecule has 0 spiro atoms. The molecule has 0 aliphatic rings. The van der Waals surface area contributed by atoms with Crippen LogP contribution >= 0.6 is 0 Å². The molecule has 0 aromatic heterocycles. The predicted molar refractivity (Wildman–Crippen MR) is 29.4 cm³/mol. The average Bonchev–Trinajstić information content (AvgIpc) is 1.35. The molecule has 0 saturated carbocycles. The standard InChI is InChI=1S/C6H13.W/c1-5-6(2,3)4;/h1,5H2,2-4H3;/q-1;. The van der Waals surface area contributed by atoms with E-state index in [0.717, 1.165) is 6.42 Å². The second kappa shape index (κ2) is 3.66. The van der Waals surface area contributed by atoms with Crippen molar-refractivity contribution in [3.05, 3.63) is 6.92 Å². The van der Waals surface area contributed by atoms with Gasteiger partial charge in [0.1, 0.15) is 0 Å². The van der Waals surface area contributed by atoms with E-state index in [1.54, 1.807) is 0 Å². The Balaban J connectivity index is 0. The van der Waals surface area contributed by atoms with E-state index in [4.69, 9.17) is 0 Å². The van der Waals surface area contributed by atoms with Gasteiger partial charge in [-0.25, -0.2) is 0 Å². The maximum atomic E-state index is 3.76. The first-order chi connectivity index (χ1) is 2.56. The Morgan fingerprint density at radius 2 is 1.43 bits per heavy atom. The molecule has 0 radical (unpaired) electrons. The molecule has 0 aromatic rings. The fourth-order valence-corrected chi connectivity index (χ4v) is 0. The third-order valence-electron chi connectivity index (χ3n) is 0.750. The molecule has 0 rings (SSSR count). The van der Waals surface area contributed by atoms with Crippen LogP contribution in [-0.4, -0.2) is 0 Å². The Kier molecular flexibility index (Phi) is 5.56. The van der Waals surface area contributed by atoms with Gasteiger partial charge in [-0.05, 0) is 0 Å². The van der Waals surface area contributed by atoms with Gasteiger partial charge in [0.15, 0.2) is 0 Å². The van der Waals surface area contributed by atoms with Gasteiger partial charge in [0.05, 0.1) is 0 Å². The van der Waals surface area contributed by atoms with Crippen LogP contribution in [0.3, 0.4) is 0 Å². The summed E-state index contributed by atoms with van der Waals surface area (Å²) < 4.78 is 0. The minimum atomic E-state index is 0. The van der Waals surface area contributed by atoms with Gasteiger partial charge in [0.25, 0.3) is 0 Å². The maximum absolute atomic E-state index is 3.76. The molecule has 0 N–H and O–H groups in total. The molecule has 1 heteroatoms. The summed E-state index contributed by atoms with van der Waals surface area (Å²) >= 11 is 0. The largest absolute Gasteiger partial charge is 0.343 e. The SMILES string of the molecule is [CH2-]CC(C)(C)C.[W]. The van der Waals surface area contributed by atoms with E-state index in [1.807, 2.05) is 0 Å². The van der Waals surface area contributed by atoms with Crippen LogP contribution in [0.4, 0.5) is 0 Å². The van der Waals surface area contributed by atoms with Crippen LogP contribution < -0.4 is 0 Å². The van der Waals surface area contributed by atoms with Gasteiger partial charge in [-0.15, -0.1) is 0 Å².